The summed E-state index contributed by atoms with van der Waals surface area (Å²) < 4.78 is 32.0. The largest absolute Gasteiger partial charge is 0.378 e. The van der Waals surface area contributed by atoms with Crippen LogP contribution in [-0.4, -0.2) is 46.1 Å². The van der Waals surface area contributed by atoms with Crippen molar-refractivity contribution in [3.05, 3.63) is 63.6 Å². The van der Waals surface area contributed by atoms with Gasteiger partial charge in [0, 0.05) is 32.4 Å². The second kappa shape index (κ2) is 8.80. The van der Waals surface area contributed by atoms with Gasteiger partial charge in [-0.1, -0.05) is 41.4 Å². The van der Waals surface area contributed by atoms with Crippen molar-refractivity contribution in [3.63, 3.8) is 0 Å². The number of morpholine rings is 1. The van der Waals surface area contributed by atoms with E-state index in [1.165, 1.54) is 4.31 Å². The van der Waals surface area contributed by atoms with Crippen molar-refractivity contribution in [1.29, 1.82) is 0 Å². The second-order valence-corrected chi connectivity index (χ2v) is 9.42. The van der Waals surface area contributed by atoms with Gasteiger partial charge in [-0.2, -0.15) is 0 Å². The Hall–Kier alpha value is -1.31. The first-order valence-corrected chi connectivity index (χ1v) is 11.0. The molecule has 0 atom stereocenters. The second-order valence-electron chi connectivity index (χ2n) is 6.53. The van der Waals surface area contributed by atoms with Gasteiger partial charge in [0.2, 0.25) is 10.0 Å². The highest BCUT2D eigenvalue weighted by Gasteiger charge is 2.19. The molecular weight excluding hydrogens is 407 g/mol. The summed E-state index contributed by atoms with van der Waals surface area (Å²) in [6.45, 7) is 3.52. The van der Waals surface area contributed by atoms with Gasteiger partial charge in [-0.05, 0) is 35.4 Å². The third-order valence-electron chi connectivity index (χ3n) is 4.53. The molecule has 0 N–H and O–H groups in total. The number of ether oxygens (including phenoxy) is 1. The normalized spacial score (nSPS) is 15.3. The minimum Gasteiger partial charge on any atom is -0.378 e. The summed E-state index contributed by atoms with van der Waals surface area (Å²) in [5.41, 5.74) is 2.68. The predicted octanol–water partition coefficient (Wildman–Crippen LogP) is 3.79. The molecule has 1 saturated heterocycles. The first-order valence-electron chi connectivity index (χ1n) is 8.65. The maximum absolute atomic E-state index is 12.6. The lowest BCUT2D eigenvalue weighted by Gasteiger charge is -2.29. The van der Waals surface area contributed by atoms with E-state index in [0.717, 1.165) is 37.6 Å². The standard InChI is InChI=1S/C19H22Cl2N2O3S/c1-22(27(24,25)14-16-4-7-18(20)19(21)12-16)13-15-2-5-17(6-3-15)23-8-10-26-11-9-23/h2-7,12H,8-11,13-14H2,1H3. The Labute approximate surface area is 170 Å². The number of hydrogen-bond donors (Lipinski definition) is 0. The summed E-state index contributed by atoms with van der Waals surface area (Å²) in [5.74, 6) is -0.119. The average molecular weight is 429 g/mol. The fourth-order valence-electron chi connectivity index (χ4n) is 2.94. The van der Waals surface area contributed by atoms with Crippen molar-refractivity contribution in [3.8, 4) is 0 Å². The van der Waals surface area contributed by atoms with Crippen LogP contribution in [0.5, 0.6) is 0 Å². The van der Waals surface area contributed by atoms with E-state index in [0.29, 0.717) is 22.2 Å². The molecule has 1 heterocycles. The molecule has 0 radical (unpaired) electrons. The highest BCUT2D eigenvalue weighted by Crippen LogP contribution is 2.24. The Bertz CT molecular complexity index is 882. The number of halogens is 2. The van der Waals surface area contributed by atoms with Crippen LogP contribution in [0.3, 0.4) is 0 Å². The van der Waals surface area contributed by atoms with E-state index in [2.05, 4.69) is 4.90 Å². The average Bonchev–Trinajstić information content (AvgIpc) is 2.66. The Balaban J connectivity index is 1.64. The van der Waals surface area contributed by atoms with E-state index < -0.39 is 10.0 Å². The monoisotopic (exact) mass is 428 g/mol. The van der Waals surface area contributed by atoms with Crippen LogP contribution in [0.1, 0.15) is 11.1 Å². The molecule has 0 amide bonds. The summed E-state index contributed by atoms with van der Waals surface area (Å²) in [4.78, 5) is 2.26. The van der Waals surface area contributed by atoms with Crippen LogP contribution in [-0.2, 0) is 27.1 Å². The molecule has 0 aliphatic carbocycles. The van der Waals surface area contributed by atoms with Gasteiger partial charge in [-0.25, -0.2) is 12.7 Å². The lowest BCUT2D eigenvalue weighted by atomic mass is 10.2. The van der Waals surface area contributed by atoms with Gasteiger partial charge in [0.05, 0.1) is 29.0 Å². The van der Waals surface area contributed by atoms with Gasteiger partial charge in [0.15, 0.2) is 0 Å². The fraction of sp³-hybridized carbons (Fsp3) is 0.368. The van der Waals surface area contributed by atoms with Crippen LogP contribution < -0.4 is 4.90 Å². The van der Waals surface area contributed by atoms with E-state index in [1.807, 2.05) is 24.3 Å². The van der Waals surface area contributed by atoms with E-state index in [4.69, 9.17) is 27.9 Å². The van der Waals surface area contributed by atoms with Gasteiger partial charge in [-0.15, -0.1) is 0 Å². The number of sulfonamides is 1. The highest BCUT2D eigenvalue weighted by molar-refractivity contribution is 7.88. The van der Waals surface area contributed by atoms with E-state index >= 15 is 0 Å². The summed E-state index contributed by atoms with van der Waals surface area (Å²) in [5, 5.41) is 0.761. The first kappa shape index (κ1) is 20.4. The van der Waals surface area contributed by atoms with Gasteiger partial charge in [-0.3, -0.25) is 0 Å². The topological polar surface area (TPSA) is 49.9 Å². The molecule has 2 aromatic rings. The van der Waals surface area contributed by atoms with Gasteiger partial charge in [0.25, 0.3) is 0 Å². The lowest BCUT2D eigenvalue weighted by molar-refractivity contribution is 0.122. The zero-order chi connectivity index (χ0) is 19.4. The minimum absolute atomic E-state index is 0.119. The molecule has 3 rings (SSSR count). The molecular formula is C19H22Cl2N2O3S. The van der Waals surface area contributed by atoms with Gasteiger partial charge in [0.1, 0.15) is 0 Å². The summed E-state index contributed by atoms with van der Waals surface area (Å²) >= 11 is 11.9. The molecule has 0 bridgehead atoms. The molecule has 1 aliphatic rings. The molecule has 0 aromatic heterocycles. The smallest absolute Gasteiger partial charge is 0.218 e. The molecule has 1 aliphatic heterocycles. The third-order valence-corrected chi connectivity index (χ3v) is 7.04. The molecule has 2 aromatic carbocycles. The van der Waals surface area contributed by atoms with Crippen LogP contribution in [0.25, 0.3) is 0 Å². The number of anilines is 1. The van der Waals surface area contributed by atoms with Crippen molar-refractivity contribution in [2.24, 2.45) is 0 Å². The molecule has 1 fully saturated rings. The molecule has 27 heavy (non-hydrogen) atoms. The predicted molar refractivity (Wildman–Crippen MR) is 110 cm³/mol. The molecule has 0 saturated carbocycles. The Morgan fingerprint density at radius 1 is 1.00 bits per heavy atom. The van der Waals surface area contributed by atoms with Crippen LogP contribution in [0.15, 0.2) is 42.5 Å². The zero-order valence-corrected chi connectivity index (χ0v) is 17.4. The van der Waals surface area contributed by atoms with E-state index in [1.54, 1.807) is 25.2 Å². The molecule has 0 spiro atoms. The number of rotatable bonds is 6. The van der Waals surface area contributed by atoms with Crippen LogP contribution in [0, 0.1) is 0 Å². The maximum Gasteiger partial charge on any atom is 0.218 e. The Morgan fingerprint density at radius 3 is 2.26 bits per heavy atom. The quantitative estimate of drug-likeness (QED) is 0.701. The lowest BCUT2D eigenvalue weighted by Crippen LogP contribution is -2.36. The Kier molecular flexibility index (Phi) is 6.65. The number of hydrogen-bond acceptors (Lipinski definition) is 4. The minimum atomic E-state index is -3.47. The summed E-state index contributed by atoms with van der Waals surface area (Å²) in [6.07, 6.45) is 0. The van der Waals surface area contributed by atoms with Gasteiger partial charge < -0.3 is 9.64 Å². The zero-order valence-electron chi connectivity index (χ0n) is 15.1. The third kappa shape index (κ3) is 5.36. The SMILES string of the molecule is CN(Cc1ccc(N2CCOCC2)cc1)S(=O)(=O)Cc1ccc(Cl)c(Cl)c1. The maximum atomic E-state index is 12.6. The van der Waals surface area contributed by atoms with E-state index in [9.17, 15) is 8.42 Å². The molecule has 8 heteroatoms. The highest BCUT2D eigenvalue weighted by atomic mass is 35.5. The van der Waals surface area contributed by atoms with Crippen molar-refractivity contribution in [2.45, 2.75) is 12.3 Å². The fourth-order valence-corrected chi connectivity index (χ4v) is 4.43. The number of benzene rings is 2. The summed E-state index contributed by atoms with van der Waals surface area (Å²) in [7, 11) is -1.88. The van der Waals surface area contributed by atoms with Crippen molar-refractivity contribution >= 4 is 38.9 Å². The van der Waals surface area contributed by atoms with Crippen molar-refractivity contribution in [1.82, 2.24) is 4.31 Å². The van der Waals surface area contributed by atoms with E-state index in [-0.39, 0.29) is 5.75 Å². The van der Waals surface area contributed by atoms with Crippen LogP contribution in [0.4, 0.5) is 5.69 Å². The van der Waals surface area contributed by atoms with Crippen LogP contribution >= 0.6 is 23.2 Å². The first-order chi connectivity index (χ1) is 12.8. The molecule has 0 unspecified atom stereocenters. The molecule has 146 valence electrons. The molecule has 5 nitrogen and oxygen atoms in total. The Morgan fingerprint density at radius 2 is 1.63 bits per heavy atom. The summed E-state index contributed by atoms with van der Waals surface area (Å²) in [6, 6.07) is 12.9. The number of nitrogens with zero attached hydrogens (tertiary/aromatic N) is 2. The van der Waals surface area contributed by atoms with Crippen LogP contribution in [0.2, 0.25) is 10.0 Å². The van der Waals surface area contributed by atoms with Crippen molar-refractivity contribution in [2.75, 3.05) is 38.3 Å². The van der Waals surface area contributed by atoms with Gasteiger partial charge >= 0.3 is 0 Å². The van der Waals surface area contributed by atoms with Crippen molar-refractivity contribution < 1.29 is 13.2 Å².